The molecule has 2 heteroatoms. The van der Waals surface area contributed by atoms with Crippen LogP contribution in [-0.2, 0) is 0 Å². The van der Waals surface area contributed by atoms with Gasteiger partial charge in [0.15, 0.2) is 0 Å². The van der Waals surface area contributed by atoms with Gasteiger partial charge in [0.2, 0.25) is 0 Å². The maximum absolute atomic E-state index is 9.67. The smallest absolute Gasteiger partial charge is 0.0574 e. The maximum Gasteiger partial charge on any atom is 0.0574 e. The van der Waals surface area contributed by atoms with Crippen LogP contribution >= 0.6 is 0 Å². The standard InChI is InChI=1S/C10H16O2/c11-6-3-7-5-1-9(8(7)4-6)10(12)2-5/h5-12H,1-4H2/t5-,6-,7+,8+,9-,10+/m1/s1. The molecule has 0 aromatic heterocycles. The van der Waals surface area contributed by atoms with Crippen molar-refractivity contribution < 1.29 is 10.2 Å². The number of aliphatic hydroxyl groups excluding tert-OH is 2. The SMILES string of the molecule is O[C@H]1C[C@@H]2[C@H]3C[C@H](C[C@@H]3O)[C@@H]2C1. The molecule has 0 spiro atoms. The Morgan fingerprint density at radius 1 is 0.750 bits per heavy atom. The zero-order valence-electron chi connectivity index (χ0n) is 7.19. The van der Waals surface area contributed by atoms with Gasteiger partial charge in [-0.1, -0.05) is 0 Å². The monoisotopic (exact) mass is 168 g/mol. The van der Waals surface area contributed by atoms with E-state index in [0.29, 0.717) is 11.8 Å². The highest BCUT2D eigenvalue weighted by molar-refractivity contribution is 5.04. The van der Waals surface area contributed by atoms with Gasteiger partial charge in [-0.2, -0.15) is 0 Å². The zero-order valence-corrected chi connectivity index (χ0v) is 7.19. The highest BCUT2D eigenvalue weighted by Gasteiger charge is 2.55. The maximum atomic E-state index is 9.67. The van der Waals surface area contributed by atoms with E-state index in [4.69, 9.17) is 0 Å². The lowest BCUT2D eigenvalue weighted by Crippen LogP contribution is -2.27. The van der Waals surface area contributed by atoms with Crippen LogP contribution < -0.4 is 0 Å². The van der Waals surface area contributed by atoms with Gasteiger partial charge in [-0.25, -0.2) is 0 Å². The van der Waals surface area contributed by atoms with E-state index in [1.165, 1.54) is 6.42 Å². The van der Waals surface area contributed by atoms with Gasteiger partial charge in [0.05, 0.1) is 12.2 Å². The van der Waals surface area contributed by atoms with Gasteiger partial charge < -0.3 is 10.2 Å². The first-order valence-corrected chi connectivity index (χ1v) is 5.12. The molecular weight excluding hydrogens is 152 g/mol. The first-order chi connectivity index (χ1) is 5.75. The van der Waals surface area contributed by atoms with E-state index in [0.717, 1.165) is 31.1 Å². The van der Waals surface area contributed by atoms with Gasteiger partial charge in [0.25, 0.3) is 0 Å². The molecule has 0 heterocycles. The van der Waals surface area contributed by atoms with Crippen LogP contribution in [0.3, 0.4) is 0 Å². The van der Waals surface area contributed by atoms with Crippen molar-refractivity contribution in [2.24, 2.45) is 23.7 Å². The summed E-state index contributed by atoms with van der Waals surface area (Å²) in [5, 5.41) is 19.2. The molecule has 0 radical (unpaired) electrons. The molecule has 0 unspecified atom stereocenters. The topological polar surface area (TPSA) is 40.5 Å². The van der Waals surface area contributed by atoms with E-state index in [9.17, 15) is 10.2 Å². The first kappa shape index (κ1) is 7.34. The molecule has 0 aromatic rings. The molecule has 3 fully saturated rings. The molecular formula is C10H16O2. The summed E-state index contributed by atoms with van der Waals surface area (Å²) in [7, 11) is 0. The zero-order chi connectivity index (χ0) is 8.29. The third-order valence-corrected chi connectivity index (χ3v) is 4.41. The number of hydrogen-bond acceptors (Lipinski definition) is 2. The Labute approximate surface area is 72.6 Å². The van der Waals surface area contributed by atoms with Crippen LogP contribution in [-0.4, -0.2) is 22.4 Å². The molecule has 0 saturated heterocycles. The van der Waals surface area contributed by atoms with Crippen molar-refractivity contribution in [2.75, 3.05) is 0 Å². The number of hydrogen-bond donors (Lipinski definition) is 2. The average molecular weight is 168 g/mol. The third-order valence-electron chi connectivity index (χ3n) is 4.41. The molecule has 2 bridgehead atoms. The molecule has 3 aliphatic rings. The number of rotatable bonds is 0. The Morgan fingerprint density at radius 2 is 1.50 bits per heavy atom. The van der Waals surface area contributed by atoms with Gasteiger partial charge in [0, 0.05) is 0 Å². The molecule has 2 nitrogen and oxygen atoms in total. The van der Waals surface area contributed by atoms with Crippen molar-refractivity contribution in [2.45, 2.75) is 37.9 Å². The van der Waals surface area contributed by atoms with Crippen LogP contribution in [0.5, 0.6) is 0 Å². The second-order valence-corrected chi connectivity index (χ2v) is 4.92. The fourth-order valence-corrected chi connectivity index (χ4v) is 4.01. The lowest BCUT2D eigenvalue weighted by atomic mass is 9.80. The normalized spacial score (nSPS) is 62.5. The van der Waals surface area contributed by atoms with E-state index < -0.39 is 0 Å². The van der Waals surface area contributed by atoms with Crippen molar-refractivity contribution in [3.63, 3.8) is 0 Å². The van der Waals surface area contributed by atoms with Crippen molar-refractivity contribution in [1.29, 1.82) is 0 Å². The molecule has 2 N–H and O–H groups in total. The fourth-order valence-electron chi connectivity index (χ4n) is 4.01. The Bertz CT molecular complexity index is 200. The minimum absolute atomic E-state index is 0.0402. The van der Waals surface area contributed by atoms with Gasteiger partial charge in [-0.3, -0.25) is 0 Å². The number of fused-ring (bicyclic) bond motifs is 5. The predicted molar refractivity (Wildman–Crippen MR) is 44.4 cm³/mol. The summed E-state index contributed by atoms with van der Waals surface area (Å²) in [5.74, 6) is 2.70. The number of aliphatic hydroxyl groups is 2. The third kappa shape index (κ3) is 0.775. The first-order valence-electron chi connectivity index (χ1n) is 5.12. The molecule has 68 valence electrons. The van der Waals surface area contributed by atoms with E-state index in [1.807, 2.05) is 0 Å². The van der Waals surface area contributed by atoms with Gasteiger partial charge >= 0.3 is 0 Å². The molecule has 3 aliphatic carbocycles. The van der Waals surface area contributed by atoms with E-state index in [2.05, 4.69) is 0 Å². The van der Waals surface area contributed by atoms with E-state index >= 15 is 0 Å². The molecule has 12 heavy (non-hydrogen) atoms. The minimum atomic E-state index is -0.0596. The summed E-state index contributed by atoms with van der Waals surface area (Å²) in [4.78, 5) is 0. The molecule has 3 saturated carbocycles. The van der Waals surface area contributed by atoms with Gasteiger partial charge in [0.1, 0.15) is 0 Å². The van der Waals surface area contributed by atoms with Crippen LogP contribution in [0.1, 0.15) is 25.7 Å². The molecule has 0 aliphatic heterocycles. The fraction of sp³-hybridized carbons (Fsp3) is 1.00. The second-order valence-electron chi connectivity index (χ2n) is 4.92. The van der Waals surface area contributed by atoms with Crippen molar-refractivity contribution in [3.05, 3.63) is 0 Å². The summed E-state index contributed by atoms with van der Waals surface area (Å²) < 4.78 is 0. The summed E-state index contributed by atoms with van der Waals surface area (Å²) in [5.41, 5.74) is 0. The lowest BCUT2D eigenvalue weighted by molar-refractivity contribution is 0.0633. The Morgan fingerprint density at radius 3 is 2.33 bits per heavy atom. The Kier molecular flexibility index (Phi) is 1.37. The van der Waals surface area contributed by atoms with Crippen molar-refractivity contribution >= 4 is 0 Å². The molecule has 0 aromatic carbocycles. The Balaban J connectivity index is 1.86. The largest absolute Gasteiger partial charge is 0.393 e. The highest BCUT2D eigenvalue weighted by atomic mass is 16.3. The van der Waals surface area contributed by atoms with Crippen molar-refractivity contribution in [1.82, 2.24) is 0 Å². The summed E-state index contributed by atoms with van der Waals surface area (Å²) in [6, 6.07) is 0. The van der Waals surface area contributed by atoms with Gasteiger partial charge in [-0.05, 0) is 49.4 Å². The summed E-state index contributed by atoms with van der Waals surface area (Å²) in [6.45, 7) is 0. The van der Waals surface area contributed by atoms with Crippen LogP contribution in [0, 0.1) is 23.7 Å². The highest BCUT2D eigenvalue weighted by Crippen LogP contribution is 2.58. The van der Waals surface area contributed by atoms with Crippen molar-refractivity contribution in [3.8, 4) is 0 Å². The minimum Gasteiger partial charge on any atom is -0.393 e. The summed E-state index contributed by atoms with van der Waals surface area (Å²) >= 11 is 0. The summed E-state index contributed by atoms with van der Waals surface area (Å²) in [6.07, 6.45) is 4.13. The van der Waals surface area contributed by atoms with E-state index in [1.54, 1.807) is 0 Å². The van der Waals surface area contributed by atoms with Crippen LogP contribution in [0.2, 0.25) is 0 Å². The van der Waals surface area contributed by atoms with Crippen LogP contribution in [0.4, 0.5) is 0 Å². The molecule has 3 rings (SSSR count). The lowest BCUT2D eigenvalue weighted by Gasteiger charge is -2.27. The quantitative estimate of drug-likeness (QED) is 0.561. The van der Waals surface area contributed by atoms with Gasteiger partial charge in [-0.15, -0.1) is 0 Å². The second kappa shape index (κ2) is 2.24. The molecule has 6 atom stereocenters. The molecule has 0 amide bonds. The average Bonchev–Trinajstić information content (AvgIpc) is 2.57. The van der Waals surface area contributed by atoms with Crippen LogP contribution in [0.25, 0.3) is 0 Å². The van der Waals surface area contributed by atoms with E-state index in [-0.39, 0.29) is 12.2 Å². The Hall–Kier alpha value is -0.0800. The van der Waals surface area contributed by atoms with Crippen LogP contribution in [0.15, 0.2) is 0 Å². The predicted octanol–water partition coefficient (Wildman–Crippen LogP) is 0.774.